The van der Waals surface area contributed by atoms with Crippen LogP contribution in [0.3, 0.4) is 0 Å². The zero-order valence-electron chi connectivity index (χ0n) is 14.3. The first kappa shape index (κ1) is 16.9. The second kappa shape index (κ2) is 7.17. The Bertz CT molecular complexity index is 470. The highest BCUT2D eigenvalue weighted by Gasteiger charge is 2.30. The average Bonchev–Trinajstić information content (AvgIpc) is 2.48. The molecule has 1 amide bonds. The zero-order chi connectivity index (χ0) is 16.2. The Kier molecular flexibility index (Phi) is 5.49. The van der Waals surface area contributed by atoms with Gasteiger partial charge in [0, 0.05) is 6.04 Å². The van der Waals surface area contributed by atoms with Crippen molar-refractivity contribution in [3.8, 4) is 5.75 Å². The third-order valence-corrected chi connectivity index (χ3v) is 4.72. The van der Waals surface area contributed by atoms with Gasteiger partial charge >= 0.3 is 0 Å². The number of amides is 1. The molecule has 1 fully saturated rings. The maximum absolute atomic E-state index is 12.3. The maximum Gasteiger partial charge on any atom is 0.260 e. The summed E-state index contributed by atoms with van der Waals surface area (Å²) in [7, 11) is 0. The van der Waals surface area contributed by atoms with Crippen LogP contribution in [0.4, 0.5) is 0 Å². The Morgan fingerprint density at radius 2 is 1.73 bits per heavy atom. The normalized spacial score (nSPS) is 23.6. The fourth-order valence-electron chi connectivity index (χ4n) is 3.18. The standard InChI is InChI=1S/C19H29NO2/c1-14(22-17-8-6-5-7-9-17)18(21)20-16-12-10-15(11-13-16)19(2,3)4/h5-9,14-16H,10-13H2,1-4H3,(H,20,21). The van der Waals surface area contributed by atoms with Gasteiger partial charge in [-0.15, -0.1) is 0 Å². The summed E-state index contributed by atoms with van der Waals surface area (Å²) in [6.45, 7) is 8.74. The van der Waals surface area contributed by atoms with Crippen LogP contribution in [0.25, 0.3) is 0 Å². The molecular formula is C19H29NO2. The largest absolute Gasteiger partial charge is 0.481 e. The first-order chi connectivity index (χ1) is 10.4. The second-order valence-electron chi connectivity index (χ2n) is 7.50. The highest BCUT2D eigenvalue weighted by molar-refractivity contribution is 5.81. The van der Waals surface area contributed by atoms with E-state index in [1.165, 1.54) is 12.8 Å². The molecule has 0 spiro atoms. The molecule has 0 heterocycles. The molecule has 1 N–H and O–H groups in total. The van der Waals surface area contributed by atoms with Crippen molar-refractivity contribution in [2.24, 2.45) is 11.3 Å². The Morgan fingerprint density at radius 1 is 1.14 bits per heavy atom. The minimum absolute atomic E-state index is 0.0111. The fourth-order valence-corrected chi connectivity index (χ4v) is 3.18. The number of nitrogens with one attached hydrogen (secondary N) is 1. The Morgan fingerprint density at radius 3 is 2.27 bits per heavy atom. The molecule has 2 rings (SSSR count). The van der Waals surface area contributed by atoms with Gasteiger partial charge in [0.2, 0.25) is 0 Å². The maximum atomic E-state index is 12.3. The van der Waals surface area contributed by atoms with Crippen LogP contribution in [0.1, 0.15) is 53.4 Å². The number of carbonyl (C=O) groups is 1. The number of hydrogen-bond donors (Lipinski definition) is 1. The van der Waals surface area contributed by atoms with E-state index in [2.05, 4.69) is 26.1 Å². The van der Waals surface area contributed by atoms with E-state index < -0.39 is 6.10 Å². The molecule has 0 radical (unpaired) electrons. The van der Waals surface area contributed by atoms with E-state index in [0.29, 0.717) is 11.5 Å². The van der Waals surface area contributed by atoms with Gasteiger partial charge in [-0.1, -0.05) is 39.0 Å². The number of benzene rings is 1. The minimum atomic E-state index is -0.456. The molecule has 22 heavy (non-hydrogen) atoms. The van der Waals surface area contributed by atoms with Crippen LogP contribution < -0.4 is 10.1 Å². The van der Waals surface area contributed by atoms with Crippen molar-refractivity contribution in [1.29, 1.82) is 0 Å². The molecule has 1 aromatic rings. The predicted molar refractivity (Wildman–Crippen MR) is 89.9 cm³/mol. The highest BCUT2D eigenvalue weighted by atomic mass is 16.5. The molecule has 1 aliphatic rings. The molecular weight excluding hydrogens is 274 g/mol. The highest BCUT2D eigenvalue weighted by Crippen LogP contribution is 2.37. The van der Waals surface area contributed by atoms with E-state index in [4.69, 9.17) is 4.74 Å². The van der Waals surface area contributed by atoms with E-state index >= 15 is 0 Å². The van der Waals surface area contributed by atoms with E-state index in [9.17, 15) is 4.79 Å². The number of ether oxygens (including phenoxy) is 1. The molecule has 0 aromatic heterocycles. The van der Waals surface area contributed by atoms with Crippen molar-refractivity contribution in [1.82, 2.24) is 5.32 Å². The van der Waals surface area contributed by atoms with Crippen molar-refractivity contribution < 1.29 is 9.53 Å². The summed E-state index contributed by atoms with van der Waals surface area (Å²) >= 11 is 0. The first-order valence-electron chi connectivity index (χ1n) is 8.38. The third kappa shape index (κ3) is 4.75. The summed E-state index contributed by atoms with van der Waals surface area (Å²) in [6, 6.07) is 9.80. The van der Waals surface area contributed by atoms with Crippen molar-refractivity contribution in [2.75, 3.05) is 0 Å². The van der Waals surface area contributed by atoms with Crippen molar-refractivity contribution >= 4 is 5.91 Å². The molecule has 0 aliphatic heterocycles. The summed E-state index contributed by atoms with van der Waals surface area (Å²) in [6.07, 6.45) is 4.09. The topological polar surface area (TPSA) is 38.3 Å². The summed E-state index contributed by atoms with van der Waals surface area (Å²) in [5.41, 5.74) is 0.374. The zero-order valence-corrected chi connectivity index (χ0v) is 14.3. The van der Waals surface area contributed by atoms with Gasteiger partial charge in [-0.2, -0.15) is 0 Å². The molecule has 0 saturated heterocycles. The lowest BCUT2D eigenvalue weighted by Crippen LogP contribution is -2.44. The predicted octanol–water partition coefficient (Wildman–Crippen LogP) is 4.18. The van der Waals surface area contributed by atoms with Gasteiger partial charge in [0.1, 0.15) is 5.75 Å². The lowest BCUT2D eigenvalue weighted by atomic mass is 9.71. The smallest absolute Gasteiger partial charge is 0.260 e. The summed E-state index contributed by atoms with van der Waals surface area (Å²) < 4.78 is 5.68. The van der Waals surface area contributed by atoms with Crippen molar-refractivity contribution in [3.63, 3.8) is 0 Å². The third-order valence-electron chi connectivity index (χ3n) is 4.72. The number of rotatable bonds is 4. The van der Waals surface area contributed by atoms with E-state index in [1.54, 1.807) is 0 Å². The first-order valence-corrected chi connectivity index (χ1v) is 8.38. The van der Waals surface area contributed by atoms with Crippen LogP contribution in [0.5, 0.6) is 5.75 Å². The van der Waals surface area contributed by atoms with Gasteiger partial charge in [-0.25, -0.2) is 0 Å². The van der Waals surface area contributed by atoms with Gasteiger partial charge < -0.3 is 10.1 Å². The molecule has 1 atom stereocenters. The average molecular weight is 303 g/mol. The van der Waals surface area contributed by atoms with Gasteiger partial charge in [-0.3, -0.25) is 4.79 Å². The molecule has 122 valence electrons. The second-order valence-corrected chi connectivity index (χ2v) is 7.50. The van der Waals surface area contributed by atoms with Gasteiger partial charge in [0.15, 0.2) is 6.10 Å². The van der Waals surface area contributed by atoms with Gasteiger partial charge in [0.25, 0.3) is 5.91 Å². The Labute approximate surface area is 134 Å². The summed E-state index contributed by atoms with van der Waals surface area (Å²) in [5.74, 6) is 1.49. The molecule has 1 saturated carbocycles. The monoisotopic (exact) mass is 303 g/mol. The number of para-hydroxylation sites is 1. The molecule has 3 nitrogen and oxygen atoms in total. The van der Waals surface area contributed by atoms with E-state index in [1.807, 2.05) is 37.3 Å². The Hall–Kier alpha value is -1.51. The summed E-state index contributed by atoms with van der Waals surface area (Å²) in [5, 5.41) is 3.15. The van der Waals surface area contributed by atoms with Crippen molar-refractivity contribution in [2.45, 2.75) is 65.5 Å². The molecule has 1 aliphatic carbocycles. The van der Waals surface area contributed by atoms with E-state index in [0.717, 1.165) is 24.5 Å². The fraction of sp³-hybridized carbons (Fsp3) is 0.632. The van der Waals surface area contributed by atoms with Crippen LogP contribution in [-0.4, -0.2) is 18.1 Å². The van der Waals surface area contributed by atoms with Gasteiger partial charge in [0.05, 0.1) is 0 Å². The quantitative estimate of drug-likeness (QED) is 0.906. The molecule has 0 bridgehead atoms. The molecule has 1 unspecified atom stereocenters. The van der Waals surface area contributed by atoms with Crippen molar-refractivity contribution in [3.05, 3.63) is 30.3 Å². The lowest BCUT2D eigenvalue weighted by Gasteiger charge is -2.37. The van der Waals surface area contributed by atoms with Crippen LogP contribution in [0.15, 0.2) is 30.3 Å². The molecule has 3 heteroatoms. The number of carbonyl (C=O) groups excluding carboxylic acids is 1. The Balaban J connectivity index is 1.78. The van der Waals surface area contributed by atoms with Crippen LogP contribution in [0, 0.1) is 11.3 Å². The lowest BCUT2D eigenvalue weighted by molar-refractivity contribution is -0.128. The SMILES string of the molecule is CC(Oc1ccccc1)C(=O)NC1CCC(C(C)(C)C)CC1. The van der Waals surface area contributed by atoms with Crippen LogP contribution >= 0.6 is 0 Å². The summed E-state index contributed by atoms with van der Waals surface area (Å²) in [4.78, 5) is 12.3. The minimum Gasteiger partial charge on any atom is -0.481 e. The van der Waals surface area contributed by atoms with E-state index in [-0.39, 0.29) is 5.91 Å². The number of hydrogen-bond acceptors (Lipinski definition) is 2. The van der Waals surface area contributed by atoms with Crippen LogP contribution in [-0.2, 0) is 4.79 Å². The van der Waals surface area contributed by atoms with Gasteiger partial charge in [-0.05, 0) is 56.1 Å². The van der Waals surface area contributed by atoms with Crippen LogP contribution in [0.2, 0.25) is 0 Å². The molecule has 1 aromatic carbocycles.